The summed E-state index contributed by atoms with van der Waals surface area (Å²) in [6.45, 7) is 1.36. The molecule has 0 spiro atoms. The van der Waals surface area contributed by atoms with E-state index < -0.39 is 27.5 Å². The summed E-state index contributed by atoms with van der Waals surface area (Å²) >= 11 is 0. The third-order valence-corrected chi connectivity index (χ3v) is 2.37. The standard InChI is InChI=1S/C8H8F2O3S/c1-5-2-3-6(4-14(11,12)13)8(10)7(5)9/h2-3H,4H2,1H3,(H,11,12,13). The summed E-state index contributed by atoms with van der Waals surface area (Å²) in [6, 6.07) is 2.38. The Morgan fingerprint density at radius 1 is 1.29 bits per heavy atom. The second-order valence-electron chi connectivity index (χ2n) is 2.90. The second-order valence-corrected chi connectivity index (χ2v) is 4.35. The maximum Gasteiger partial charge on any atom is 0.269 e. The fraction of sp³-hybridized carbons (Fsp3) is 0.250. The van der Waals surface area contributed by atoms with Gasteiger partial charge in [0.15, 0.2) is 11.6 Å². The number of halogens is 2. The molecule has 78 valence electrons. The Morgan fingerprint density at radius 2 is 1.86 bits per heavy atom. The molecule has 0 bridgehead atoms. The van der Waals surface area contributed by atoms with Crippen LogP contribution in [0.3, 0.4) is 0 Å². The normalized spacial score (nSPS) is 11.7. The summed E-state index contributed by atoms with van der Waals surface area (Å²) in [5, 5.41) is 0. The highest BCUT2D eigenvalue weighted by Crippen LogP contribution is 2.17. The van der Waals surface area contributed by atoms with E-state index >= 15 is 0 Å². The molecule has 0 aromatic heterocycles. The fourth-order valence-electron chi connectivity index (χ4n) is 0.994. The first-order valence-corrected chi connectivity index (χ1v) is 5.31. The van der Waals surface area contributed by atoms with E-state index in [1.165, 1.54) is 13.0 Å². The third kappa shape index (κ3) is 2.49. The lowest BCUT2D eigenvalue weighted by atomic mass is 10.1. The molecule has 6 heteroatoms. The van der Waals surface area contributed by atoms with Crippen LogP contribution in [0, 0.1) is 18.6 Å². The molecule has 1 rings (SSSR count). The van der Waals surface area contributed by atoms with Crippen LogP contribution in [-0.4, -0.2) is 13.0 Å². The van der Waals surface area contributed by atoms with E-state index in [0.717, 1.165) is 6.07 Å². The molecule has 14 heavy (non-hydrogen) atoms. The molecule has 0 amide bonds. The monoisotopic (exact) mass is 222 g/mol. The van der Waals surface area contributed by atoms with Gasteiger partial charge in [0.1, 0.15) is 5.75 Å². The SMILES string of the molecule is Cc1ccc(CS(=O)(=O)O)c(F)c1F. The van der Waals surface area contributed by atoms with E-state index in [1.807, 2.05) is 0 Å². The van der Waals surface area contributed by atoms with Crippen LogP contribution in [0.25, 0.3) is 0 Å². The van der Waals surface area contributed by atoms with Gasteiger partial charge in [0, 0.05) is 5.56 Å². The van der Waals surface area contributed by atoms with Crippen molar-refractivity contribution in [3.8, 4) is 0 Å². The summed E-state index contributed by atoms with van der Waals surface area (Å²) in [5.74, 6) is -3.25. The predicted octanol–water partition coefficient (Wildman–Crippen LogP) is 1.66. The average molecular weight is 222 g/mol. The lowest BCUT2D eigenvalue weighted by Gasteiger charge is -2.03. The summed E-state index contributed by atoms with van der Waals surface area (Å²) in [6.07, 6.45) is 0. The van der Waals surface area contributed by atoms with Gasteiger partial charge in [-0.15, -0.1) is 0 Å². The van der Waals surface area contributed by atoms with Gasteiger partial charge < -0.3 is 0 Å². The van der Waals surface area contributed by atoms with Crippen molar-refractivity contribution < 1.29 is 21.8 Å². The molecule has 0 radical (unpaired) electrons. The maximum atomic E-state index is 13.0. The Morgan fingerprint density at radius 3 is 2.36 bits per heavy atom. The van der Waals surface area contributed by atoms with Gasteiger partial charge in [0.2, 0.25) is 0 Å². The molecule has 0 heterocycles. The Labute approximate surface area is 80.1 Å². The van der Waals surface area contributed by atoms with Gasteiger partial charge >= 0.3 is 0 Å². The van der Waals surface area contributed by atoms with Crippen LogP contribution >= 0.6 is 0 Å². The molecule has 0 aliphatic rings. The second kappa shape index (κ2) is 3.62. The molecular formula is C8H8F2O3S. The molecule has 0 aliphatic carbocycles. The quantitative estimate of drug-likeness (QED) is 0.774. The highest BCUT2D eigenvalue weighted by Gasteiger charge is 2.15. The van der Waals surface area contributed by atoms with Crippen LogP contribution in [0.15, 0.2) is 12.1 Å². The summed E-state index contributed by atoms with van der Waals surface area (Å²) in [4.78, 5) is 0. The topological polar surface area (TPSA) is 54.4 Å². The van der Waals surface area contributed by atoms with Crippen LogP contribution in [0.2, 0.25) is 0 Å². The molecule has 0 atom stereocenters. The molecule has 0 saturated heterocycles. The van der Waals surface area contributed by atoms with E-state index in [4.69, 9.17) is 4.55 Å². The molecular weight excluding hydrogens is 214 g/mol. The van der Waals surface area contributed by atoms with E-state index in [1.54, 1.807) is 0 Å². The zero-order valence-corrected chi connectivity index (χ0v) is 8.11. The van der Waals surface area contributed by atoms with Gasteiger partial charge in [-0.1, -0.05) is 12.1 Å². The van der Waals surface area contributed by atoms with Crippen LogP contribution in [0.4, 0.5) is 8.78 Å². The minimum absolute atomic E-state index is 0.0848. The van der Waals surface area contributed by atoms with E-state index in [9.17, 15) is 17.2 Å². The van der Waals surface area contributed by atoms with E-state index in [2.05, 4.69) is 0 Å². The molecule has 1 aromatic carbocycles. The van der Waals surface area contributed by atoms with E-state index in [0.29, 0.717) is 0 Å². The van der Waals surface area contributed by atoms with Gasteiger partial charge in [0.25, 0.3) is 10.1 Å². The number of rotatable bonds is 2. The Kier molecular flexibility index (Phi) is 2.86. The number of aryl methyl sites for hydroxylation is 1. The van der Waals surface area contributed by atoms with Gasteiger partial charge in [-0.3, -0.25) is 4.55 Å². The number of hydrogen-bond acceptors (Lipinski definition) is 2. The van der Waals surface area contributed by atoms with Crippen molar-refractivity contribution in [1.82, 2.24) is 0 Å². The fourth-order valence-corrected chi connectivity index (χ4v) is 1.61. The molecule has 1 aromatic rings. The largest absolute Gasteiger partial charge is 0.285 e. The average Bonchev–Trinajstić information content (AvgIpc) is 2.04. The van der Waals surface area contributed by atoms with Crippen molar-refractivity contribution in [2.75, 3.05) is 0 Å². The van der Waals surface area contributed by atoms with Crippen LogP contribution in [0.1, 0.15) is 11.1 Å². The molecule has 1 N–H and O–H groups in total. The smallest absolute Gasteiger partial charge is 0.269 e. The molecule has 0 unspecified atom stereocenters. The van der Waals surface area contributed by atoms with E-state index in [-0.39, 0.29) is 11.1 Å². The molecule has 3 nitrogen and oxygen atoms in total. The van der Waals surface area contributed by atoms with Gasteiger partial charge in [-0.2, -0.15) is 8.42 Å². The highest BCUT2D eigenvalue weighted by atomic mass is 32.2. The zero-order valence-electron chi connectivity index (χ0n) is 7.29. The molecule has 0 aliphatic heterocycles. The summed E-state index contributed by atoms with van der Waals surface area (Å²) < 4.78 is 55.2. The Bertz CT molecular complexity index is 454. The van der Waals surface area contributed by atoms with Crippen LogP contribution < -0.4 is 0 Å². The first kappa shape index (κ1) is 11.1. The minimum Gasteiger partial charge on any atom is -0.285 e. The van der Waals surface area contributed by atoms with Crippen molar-refractivity contribution in [2.24, 2.45) is 0 Å². The first-order valence-electron chi connectivity index (χ1n) is 3.70. The van der Waals surface area contributed by atoms with Crippen molar-refractivity contribution >= 4 is 10.1 Å². The minimum atomic E-state index is -4.34. The van der Waals surface area contributed by atoms with Crippen molar-refractivity contribution in [3.05, 3.63) is 34.9 Å². The Balaban J connectivity index is 3.19. The maximum absolute atomic E-state index is 13.0. The van der Waals surface area contributed by atoms with Crippen molar-refractivity contribution in [1.29, 1.82) is 0 Å². The summed E-state index contributed by atoms with van der Waals surface area (Å²) in [7, 11) is -4.34. The molecule has 0 fully saturated rings. The van der Waals surface area contributed by atoms with Gasteiger partial charge in [-0.25, -0.2) is 8.78 Å². The van der Waals surface area contributed by atoms with Crippen molar-refractivity contribution in [2.45, 2.75) is 12.7 Å². The number of hydrogen-bond donors (Lipinski definition) is 1. The zero-order chi connectivity index (χ0) is 10.9. The third-order valence-electron chi connectivity index (χ3n) is 1.69. The highest BCUT2D eigenvalue weighted by molar-refractivity contribution is 7.85. The Hall–Kier alpha value is -1.01. The van der Waals surface area contributed by atoms with Crippen LogP contribution in [0.5, 0.6) is 0 Å². The number of benzene rings is 1. The lowest BCUT2D eigenvalue weighted by Crippen LogP contribution is -2.05. The molecule has 0 saturated carbocycles. The predicted molar refractivity (Wildman–Crippen MR) is 46.3 cm³/mol. The van der Waals surface area contributed by atoms with Gasteiger partial charge in [-0.05, 0) is 12.5 Å². The van der Waals surface area contributed by atoms with Gasteiger partial charge in [0.05, 0.1) is 0 Å². The first-order chi connectivity index (χ1) is 6.31. The lowest BCUT2D eigenvalue weighted by molar-refractivity contribution is 0.473. The van der Waals surface area contributed by atoms with Crippen LogP contribution in [-0.2, 0) is 15.9 Å². The van der Waals surface area contributed by atoms with Crippen molar-refractivity contribution in [3.63, 3.8) is 0 Å². The summed E-state index contributed by atoms with van der Waals surface area (Å²) in [5.41, 5.74) is -0.294.